The molecule has 0 bridgehead atoms. The van der Waals surface area contributed by atoms with E-state index in [4.69, 9.17) is 5.73 Å². The number of thioether (sulfide) groups is 1. The van der Waals surface area contributed by atoms with Gasteiger partial charge in [-0.1, -0.05) is 18.2 Å². The molecule has 3 heterocycles. The van der Waals surface area contributed by atoms with E-state index >= 15 is 0 Å². The van der Waals surface area contributed by atoms with Crippen molar-refractivity contribution in [1.29, 1.82) is 0 Å². The number of hydrogen-bond donors (Lipinski definition) is 1. The molecule has 1 aliphatic rings. The lowest BCUT2D eigenvalue weighted by Crippen LogP contribution is -2.23. The SMILES string of the molecule is Cc1ccsc1C(Sc1nnc2n1CCCCC2)C(C)N. The first-order chi connectivity index (χ1) is 10.2. The summed E-state index contributed by atoms with van der Waals surface area (Å²) in [5.74, 6) is 1.14. The van der Waals surface area contributed by atoms with Crippen LogP contribution in [-0.2, 0) is 13.0 Å². The second kappa shape index (κ2) is 6.50. The van der Waals surface area contributed by atoms with Crippen LogP contribution in [0.1, 0.15) is 47.7 Å². The summed E-state index contributed by atoms with van der Waals surface area (Å²) in [6, 6.07) is 2.26. The van der Waals surface area contributed by atoms with Crippen LogP contribution in [-0.4, -0.2) is 20.8 Å². The summed E-state index contributed by atoms with van der Waals surface area (Å²) in [6.07, 6.45) is 4.78. The number of nitrogens with zero attached hydrogens (tertiary/aromatic N) is 3. The number of aromatic nitrogens is 3. The van der Waals surface area contributed by atoms with Crippen molar-refractivity contribution in [2.45, 2.75) is 62.5 Å². The van der Waals surface area contributed by atoms with Gasteiger partial charge in [-0.25, -0.2) is 0 Å². The molecule has 114 valence electrons. The third-order valence-corrected chi connectivity index (χ3v) is 6.63. The van der Waals surface area contributed by atoms with E-state index in [0.29, 0.717) is 0 Å². The van der Waals surface area contributed by atoms with E-state index < -0.39 is 0 Å². The minimum absolute atomic E-state index is 0.0890. The van der Waals surface area contributed by atoms with Gasteiger partial charge in [-0.2, -0.15) is 0 Å². The Balaban J connectivity index is 1.87. The number of rotatable bonds is 4. The van der Waals surface area contributed by atoms with Gasteiger partial charge < -0.3 is 10.3 Å². The van der Waals surface area contributed by atoms with Gasteiger partial charge in [-0.15, -0.1) is 21.5 Å². The molecule has 0 radical (unpaired) electrons. The summed E-state index contributed by atoms with van der Waals surface area (Å²) in [7, 11) is 0. The van der Waals surface area contributed by atoms with E-state index in [9.17, 15) is 0 Å². The van der Waals surface area contributed by atoms with Crippen LogP contribution in [0.15, 0.2) is 16.6 Å². The first-order valence-electron chi connectivity index (χ1n) is 7.55. The van der Waals surface area contributed by atoms with Crippen LogP contribution in [0.3, 0.4) is 0 Å². The van der Waals surface area contributed by atoms with Crippen molar-refractivity contribution in [3.8, 4) is 0 Å². The zero-order valence-electron chi connectivity index (χ0n) is 12.6. The summed E-state index contributed by atoms with van der Waals surface area (Å²) in [5, 5.41) is 12.2. The molecule has 2 aromatic heterocycles. The monoisotopic (exact) mass is 322 g/mol. The molecule has 1 aliphatic heterocycles. The van der Waals surface area contributed by atoms with Crippen molar-refractivity contribution >= 4 is 23.1 Å². The van der Waals surface area contributed by atoms with Crippen molar-refractivity contribution in [3.63, 3.8) is 0 Å². The van der Waals surface area contributed by atoms with Gasteiger partial charge in [0.15, 0.2) is 5.16 Å². The number of nitrogens with two attached hydrogens (primary N) is 1. The quantitative estimate of drug-likeness (QED) is 0.875. The first-order valence-corrected chi connectivity index (χ1v) is 9.31. The largest absolute Gasteiger partial charge is 0.327 e. The second-order valence-corrected chi connectivity index (χ2v) is 7.78. The maximum absolute atomic E-state index is 6.25. The Kier molecular flexibility index (Phi) is 4.66. The summed E-state index contributed by atoms with van der Waals surface area (Å²) in [5.41, 5.74) is 7.57. The van der Waals surface area contributed by atoms with Gasteiger partial charge in [0.25, 0.3) is 0 Å². The molecule has 0 aromatic carbocycles. The van der Waals surface area contributed by atoms with E-state index in [1.54, 1.807) is 23.1 Å². The molecule has 0 aliphatic carbocycles. The third kappa shape index (κ3) is 3.17. The average molecular weight is 323 g/mol. The van der Waals surface area contributed by atoms with Gasteiger partial charge in [-0.05, 0) is 43.7 Å². The number of thiophene rings is 1. The van der Waals surface area contributed by atoms with Gasteiger partial charge in [0, 0.05) is 23.9 Å². The van der Waals surface area contributed by atoms with Crippen molar-refractivity contribution in [2.75, 3.05) is 0 Å². The number of hydrogen-bond acceptors (Lipinski definition) is 5. The predicted octanol–water partition coefficient (Wildman–Crippen LogP) is 3.56. The van der Waals surface area contributed by atoms with Crippen LogP contribution >= 0.6 is 23.1 Å². The lowest BCUT2D eigenvalue weighted by molar-refractivity contribution is 0.588. The van der Waals surface area contributed by atoms with Gasteiger partial charge in [-0.3, -0.25) is 0 Å². The maximum Gasteiger partial charge on any atom is 0.191 e. The number of fused-ring (bicyclic) bond motifs is 1. The molecule has 3 rings (SSSR count). The summed E-state index contributed by atoms with van der Waals surface area (Å²) >= 11 is 3.57. The Morgan fingerprint density at radius 2 is 2.19 bits per heavy atom. The molecule has 2 N–H and O–H groups in total. The Labute approximate surface area is 134 Å². The van der Waals surface area contributed by atoms with Crippen LogP contribution in [0.4, 0.5) is 0 Å². The molecule has 2 atom stereocenters. The highest BCUT2D eigenvalue weighted by molar-refractivity contribution is 7.99. The highest BCUT2D eigenvalue weighted by atomic mass is 32.2. The van der Waals surface area contributed by atoms with Crippen LogP contribution < -0.4 is 5.73 Å². The Morgan fingerprint density at radius 1 is 1.33 bits per heavy atom. The smallest absolute Gasteiger partial charge is 0.191 e. The standard InChI is InChI=1S/C15H22N4S2/c1-10-7-9-20-13(10)14(11(2)16)21-15-18-17-12-6-4-3-5-8-19(12)15/h7,9,11,14H,3-6,8,16H2,1-2H3. The van der Waals surface area contributed by atoms with E-state index in [1.807, 2.05) is 0 Å². The fraction of sp³-hybridized carbons (Fsp3) is 0.600. The maximum atomic E-state index is 6.25. The molecule has 4 nitrogen and oxygen atoms in total. The second-order valence-electron chi connectivity index (χ2n) is 5.73. The molecule has 2 aromatic rings. The summed E-state index contributed by atoms with van der Waals surface area (Å²) < 4.78 is 2.30. The third-order valence-electron chi connectivity index (χ3n) is 3.95. The summed E-state index contributed by atoms with van der Waals surface area (Å²) in [4.78, 5) is 1.36. The normalized spacial score (nSPS) is 18.0. The molecular formula is C15H22N4S2. The fourth-order valence-corrected chi connectivity index (χ4v) is 5.21. The van der Waals surface area contributed by atoms with Crippen molar-refractivity contribution in [3.05, 3.63) is 27.7 Å². The Morgan fingerprint density at radius 3 is 2.90 bits per heavy atom. The van der Waals surface area contributed by atoms with E-state index in [2.05, 4.69) is 40.1 Å². The molecule has 0 fully saturated rings. The van der Waals surface area contributed by atoms with Crippen molar-refractivity contribution in [2.24, 2.45) is 5.73 Å². The fourth-order valence-electron chi connectivity index (χ4n) is 2.73. The average Bonchev–Trinajstić information content (AvgIpc) is 2.95. The molecule has 0 spiro atoms. The molecule has 0 saturated carbocycles. The Hall–Kier alpha value is -0.850. The van der Waals surface area contributed by atoms with Gasteiger partial charge in [0.1, 0.15) is 5.82 Å². The zero-order chi connectivity index (χ0) is 14.8. The zero-order valence-corrected chi connectivity index (χ0v) is 14.2. The van der Waals surface area contributed by atoms with Gasteiger partial charge >= 0.3 is 0 Å². The molecule has 2 unspecified atom stereocenters. The minimum atomic E-state index is 0.0890. The van der Waals surface area contributed by atoms with Gasteiger partial charge in [0.2, 0.25) is 0 Å². The van der Waals surface area contributed by atoms with Crippen LogP contribution in [0.5, 0.6) is 0 Å². The number of aryl methyl sites for hydroxylation is 2. The van der Waals surface area contributed by atoms with Crippen LogP contribution in [0, 0.1) is 6.92 Å². The minimum Gasteiger partial charge on any atom is -0.327 e. The van der Waals surface area contributed by atoms with Gasteiger partial charge in [0.05, 0.1) is 5.25 Å². The topological polar surface area (TPSA) is 56.7 Å². The molecule has 0 saturated heterocycles. The molecule has 0 amide bonds. The predicted molar refractivity (Wildman–Crippen MR) is 88.9 cm³/mol. The van der Waals surface area contributed by atoms with Crippen LogP contribution in [0.25, 0.3) is 0 Å². The first kappa shape index (κ1) is 15.1. The lowest BCUT2D eigenvalue weighted by atomic mass is 10.1. The van der Waals surface area contributed by atoms with Crippen molar-refractivity contribution in [1.82, 2.24) is 14.8 Å². The Bertz CT molecular complexity index is 603. The van der Waals surface area contributed by atoms with E-state index in [0.717, 1.165) is 23.9 Å². The lowest BCUT2D eigenvalue weighted by Gasteiger charge is -2.20. The van der Waals surface area contributed by atoms with E-state index in [-0.39, 0.29) is 11.3 Å². The molecule has 6 heteroatoms. The van der Waals surface area contributed by atoms with Crippen LogP contribution in [0.2, 0.25) is 0 Å². The van der Waals surface area contributed by atoms with Crippen molar-refractivity contribution < 1.29 is 0 Å². The molecular weight excluding hydrogens is 300 g/mol. The highest BCUT2D eigenvalue weighted by Crippen LogP contribution is 2.40. The highest BCUT2D eigenvalue weighted by Gasteiger charge is 2.25. The molecule has 21 heavy (non-hydrogen) atoms. The van der Waals surface area contributed by atoms with E-state index in [1.165, 1.54) is 29.7 Å². The summed E-state index contributed by atoms with van der Waals surface area (Å²) in [6.45, 7) is 5.28.